The summed E-state index contributed by atoms with van der Waals surface area (Å²) in [4.78, 5) is 11.8. The lowest BCUT2D eigenvalue weighted by Gasteiger charge is -2.31. The lowest BCUT2D eigenvalue weighted by molar-refractivity contribution is -0.126. The highest BCUT2D eigenvalue weighted by molar-refractivity contribution is 5.85. The summed E-state index contributed by atoms with van der Waals surface area (Å²) in [5.74, 6) is 0.129. The van der Waals surface area contributed by atoms with Gasteiger partial charge in [-0.3, -0.25) is 4.79 Å². The SMILES string of the molecule is CC(C(=O)NCc1ccccc1F)C1CNC1.Cl. The second kappa shape index (κ2) is 6.71. The molecule has 1 aliphatic heterocycles. The summed E-state index contributed by atoms with van der Waals surface area (Å²) in [6, 6.07) is 6.50. The van der Waals surface area contributed by atoms with Gasteiger partial charge in [0.25, 0.3) is 0 Å². The highest BCUT2D eigenvalue weighted by Gasteiger charge is 2.28. The first-order chi connectivity index (χ1) is 8.18. The Morgan fingerprint density at radius 1 is 1.50 bits per heavy atom. The van der Waals surface area contributed by atoms with Gasteiger partial charge in [-0.05, 0) is 25.1 Å². The molecule has 0 spiro atoms. The molecule has 1 aromatic carbocycles. The van der Waals surface area contributed by atoms with Crippen LogP contribution < -0.4 is 10.6 Å². The highest BCUT2D eigenvalue weighted by Crippen LogP contribution is 2.16. The quantitative estimate of drug-likeness (QED) is 0.876. The molecule has 0 aliphatic carbocycles. The van der Waals surface area contributed by atoms with Crippen LogP contribution in [0.4, 0.5) is 4.39 Å². The van der Waals surface area contributed by atoms with Crippen molar-refractivity contribution < 1.29 is 9.18 Å². The van der Waals surface area contributed by atoms with E-state index >= 15 is 0 Å². The summed E-state index contributed by atoms with van der Waals surface area (Å²) in [7, 11) is 0. The van der Waals surface area contributed by atoms with Crippen molar-refractivity contribution in [2.24, 2.45) is 11.8 Å². The van der Waals surface area contributed by atoms with Crippen LogP contribution in [-0.2, 0) is 11.3 Å². The van der Waals surface area contributed by atoms with Gasteiger partial charge in [-0.25, -0.2) is 4.39 Å². The lowest BCUT2D eigenvalue weighted by atomic mass is 9.88. The minimum atomic E-state index is -0.272. The minimum absolute atomic E-state index is 0. The standard InChI is InChI=1S/C13H17FN2O.ClH/c1-9(11-6-15-7-11)13(17)16-8-10-4-2-3-5-12(10)14;/h2-5,9,11,15H,6-8H2,1H3,(H,16,17);1H. The predicted octanol–water partition coefficient (Wildman–Crippen LogP) is 1.72. The second-order valence-corrected chi connectivity index (χ2v) is 4.52. The van der Waals surface area contributed by atoms with E-state index in [1.165, 1.54) is 6.07 Å². The molecule has 2 N–H and O–H groups in total. The van der Waals surface area contributed by atoms with Crippen molar-refractivity contribution in [3.8, 4) is 0 Å². The summed E-state index contributed by atoms with van der Waals surface area (Å²) in [5, 5.41) is 5.92. The molecule has 0 aromatic heterocycles. The first-order valence-electron chi connectivity index (χ1n) is 5.90. The summed E-state index contributed by atoms with van der Waals surface area (Å²) < 4.78 is 13.3. The highest BCUT2D eigenvalue weighted by atomic mass is 35.5. The third kappa shape index (κ3) is 3.43. The number of halogens is 2. The molecule has 18 heavy (non-hydrogen) atoms. The zero-order valence-corrected chi connectivity index (χ0v) is 11.1. The molecule has 1 aliphatic rings. The van der Waals surface area contributed by atoms with E-state index in [2.05, 4.69) is 10.6 Å². The van der Waals surface area contributed by atoms with E-state index in [-0.39, 0.29) is 36.6 Å². The fourth-order valence-corrected chi connectivity index (χ4v) is 1.86. The maximum atomic E-state index is 13.3. The van der Waals surface area contributed by atoms with E-state index in [0.717, 1.165) is 13.1 Å². The summed E-state index contributed by atoms with van der Waals surface area (Å²) in [5.41, 5.74) is 0.528. The number of carbonyl (C=O) groups excluding carboxylic acids is 1. The van der Waals surface area contributed by atoms with Crippen molar-refractivity contribution in [1.29, 1.82) is 0 Å². The monoisotopic (exact) mass is 272 g/mol. The number of rotatable bonds is 4. The Kier molecular flexibility index (Phi) is 5.56. The molecule has 1 fully saturated rings. The topological polar surface area (TPSA) is 41.1 Å². The van der Waals surface area contributed by atoms with Gasteiger partial charge in [0.1, 0.15) is 5.82 Å². The molecule has 1 amide bonds. The molecule has 0 radical (unpaired) electrons. The van der Waals surface area contributed by atoms with Crippen molar-refractivity contribution in [1.82, 2.24) is 10.6 Å². The van der Waals surface area contributed by atoms with Crippen LogP contribution in [-0.4, -0.2) is 19.0 Å². The Bertz CT molecular complexity index is 410. The number of hydrogen-bond acceptors (Lipinski definition) is 2. The molecule has 0 bridgehead atoms. The third-order valence-corrected chi connectivity index (χ3v) is 3.34. The average Bonchev–Trinajstić information content (AvgIpc) is 2.25. The van der Waals surface area contributed by atoms with Crippen molar-refractivity contribution in [3.63, 3.8) is 0 Å². The van der Waals surface area contributed by atoms with E-state index in [0.29, 0.717) is 11.5 Å². The van der Waals surface area contributed by atoms with Gasteiger partial charge in [-0.2, -0.15) is 0 Å². The van der Waals surface area contributed by atoms with Crippen LogP contribution >= 0.6 is 12.4 Å². The average molecular weight is 273 g/mol. The van der Waals surface area contributed by atoms with Crippen molar-refractivity contribution in [2.75, 3.05) is 13.1 Å². The minimum Gasteiger partial charge on any atom is -0.352 e. The molecule has 0 saturated carbocycles. The Balaban J connectivity index is 0.00000162. The van der Waals surface area contributed by atoms with Gasteiger partial charge in [0.2, 0.25) is 5.91 Å². The molecule has 1 heterocycles. The van der Waals surface area contributed by atoms with Crippen LogP contribution in [0.1, 0.15) is 12.5 Å². The molecule has 100 valence electrons. The molecule has 5 heteroatoms. The second-order valence-electron chi connectivity index (χ2n) is 4.52. The van der Waals surface area contributed by atoms with E-state index in [9.17, 15) is 9.18 Å². The van der Waals surface area contributed by atoms with Gasteiger partial charge in [-0.1, -0.05) is 25.1 Å². The van der Waals surface area contributed by atoms with Crippen molar-refractivity contribution in [2.45, 2.75) is 13.5 Å². The summed E-state index contributed by atoms with van der Waals surface area (Å²) >= 11 is 0. The largest absolute Gasteiger partial charge is 0.352 e. The summed E-state index contributed by atoms with van der Waals surface area (Å²) in [6.45, 7) is 3.97. The first-order valence-corrected chi connectivity index (χ1v) is 5.90. The zero-order valence-electron chi connectivity index (χ0n) is 10.3. The maximum absolute atomic E-state index is 13.3. The van der Waals surface area contributed by atoms with Crippen LogP contribution in [0, 0.1) is 17.7 Å². The van der Waals surface area contributed by atoms with Crippen LogP contribution in [0.25, 0.3) is 0 Å². The molecular weight excluding hydrogens is 255 g/mol. The van der Waals surface area contributed by atoms with Gasteiger partial charge < -0.3 is 10.6 Å². The van der Waals surface area contributed by atoms with E-state index in [1.807, 2.05) is 6.92 Å². The van der Waals surface area contributed by atoms with Gasteiger partial charge in [0.15, 0.2) is 0 Å². The number of amides is 1. The molecule has 2 rings (SSSR count). The Labute approximate surface area is 113 Å². The fraction of sp³-hybridized carbons (Fsp3) is 0.462. The lowest BCUT2D eigenvalue weighted by Crippen LogP contribution is -2.49. The van der Waals surface area contributed by atoms with Crippen molar-refractivity contribution in [3.05, 3.63) is 35.6 Å². The zero-order chi connectivity index (χ0) is 12.3. The van der Waals surface area contributed by atoms with Gasteiger partial charge in [0, 0.05) is 18.0 Å². The van der Waals surface area contributed by atoms with Crippen LogP contribution in [0.5, 0.6) is 0 Å². The molecular formula is C13H18ClFN2O. The molecule has 1 saturated heterocycles. The number of benzene rings is 1. The first kappa shape index (κ1) is 14.9. The Morgan fingerprint density at radius 2 is 2.17 bits per heavy atom. The smallest absolute Gasteiger partial charge is 0.223 e. The predicted molar refractivity (Wildman–Crippen MR) is 71.0 cm³/mol. The Morgan fingerprint density at radius 3 is 2.72 bits per heavy atom. The molecule has 1 aromatic rings. The number of nitrogens with one attached hydrogen (secondary N) is 2. The summed E-state index contributed by atoms with van der Waals surface area (Å²) in [6.07, 6.45) is 0. The Hall–Kier alpha value is -1.13. The van der Waals surface area contributed by atoms with E-state index < -0.39 is 0 Å². The van der Waals surface area contributed by atoms with E-state index in [4.69, 9.17) is 0 Å². The molecule has 1 unspecified atom stereocenters. The number of hydrogen-bond donors (Lipinski definition) is 2. The van der Waals surface area contributed by atoms with Gasteiger partial charge in [-0.15, -0.1) is 12.4 Å². The maximum Gasteiger partial charge on any atom is 0.223 e. The van der Waals surface area contributed by atoms with E-state index in [1.54, 1.807) is 18.2 Å². The van der Waals surface area contributed by atoms with Gasteiger partial charge in [0.05, 0.1) is 0 Å². The van der Waals surface area contributed by atoms with Gasteiger partial charge >= 0.3 is 0 Å². The molecule has 1 atom stereocenters. The third-order valence-electron chi connectivity index (χ3n) is 3.34. The molecule has 3 nitrogen and oxygen atoms in total. The number of carbonyl (C=O) groups is 1. The van der Waals surface area contributed by atoms with Crippen LogP contribution in [0.2, 0.25) is 0 Å². The fourth-order valence-electron chi connectivity index (χ4n) is 1.86. The van der Waals surface area contributed by atoms with Crippen LogP contribution in [0.15, 0.2) is 24.3 Å². The van der Waals surface area contributed by atoms with Crippen LogP contribution in [0.3, 0.4) is 0 Å². The normalized spacial score (nSPS) is 16.3. The van der Waals surface area contributed by atoms with Crippen molar-refractivity contribution >= 4 is 18.3 Å².